The molecule has 0 saturated carbocycles. The van der Waals surface area contributed by atoms with Crippen LogP contribution in [-0.4, -0.2) is 40.1 Å². The second-order valence-corrected chi connectivity index (χ2v) is 5.33. The zero-order valence-electron chi connectivity index (χ0n) is 10.6. The van der Waals surface area contributed by atoms with Crippen LogP contribution in [0.2, 0.25) is 0 Å². The molecule has 17 heavy (non-hydrogen) atoms. The van der Waals surface area contributed by atoms with E-state index in [1.165, 1.54) is 38.2 Å². The fourth-order valence-electron chi connectivity index (χ4n) is 3.26. The van der Waals surface area contributed by atoms with Crippen molar-refractivity contribution in [2.24, 2.45) is 5.92 Å². The van der Waals surface area contributed by atoms with E-state index in [-0.39, 0.29) is 0 Å². The number of nitrogens with zero attached hydrogens (tertiary/aromatic N) is 3. The molecular weight excluding hydrogens is 212 g/mol. The first-order valence-electron chi connectivity index (χ1n) is 6.81. The van der Waals surface area contributed by atoms with Crippen LogP contribution in [0.5, 0.6) is 0 Å². The first kappa shape index (κ1) is 11.2. The maximum atomic E-state index is 4.25. The Morgan fingerprint density at radius 2 is 2.41 bits per heavy atom. The highest BCUT2D eigenvalue weighted by Gasteiger charge is 2.34. The largest absolute Gasteiger partial charge is 0.334 e. The predicted octanol–water partition coefficient (Wildman–Crippen LogP) is 1.09. The van der Waals surface area contributed by atoms with E-state index in [1.807, 2.05) is 12.5 Å². The minimum absolute atomic E-state index is 0.738. The van der Waals surface area contributed by atoms with Gasteiger partial charge in [0.25, 0.3) is 0 Å². The molecule has 0 aromatic carbocycles. The normalized spacial score (nSPS) is 29.5. The van der Waals surface area contributed by atoms with E-state index in [0.29, 0.717) is 0 Å². The molecule has 2 fully saturated rings. The topological polar surface area (TPSA) is 33.1 Å². The molecule has 94 valence electrons. The van der Waals surface area contributed by atoms with Gasteiger partial charge >= 0.3 is 0 Å². The first-order chi connectivity index (χ1) is 8.36. The van der Waals surface area contributed by atoms with Gasteiger partial charge in [0, 0.05) is 38.4 Å². The summed E-state index contributed by atoms with van der Waals surface area (Å²) in [5.74, 6) is 0.877. The first-order valence-corrected chi connectivity index (χ1v) is 6.81. The van der Waals surface area contributed by atoms with E-state index in [2.05, 4.69) is 26.7 Å². The van der Waals surface area contributed by atoms with E-state index >= 15 is 0 Å². The summed E-state index contributed by atoms with van der Waals surface area (Å²) in [4.78, 5) is 6.83. The van der Waals surface area contributed by atoms with Gasteiger partial charge in [-0.3, -0.25) is 4.90 Å². The molecule has 3 heterocycles. The minimum atomic E-state index is 0.738. The minimum Gasteiger partial charge on any atom is -0.334 e. The van der Waals surface area contributed by atoms with Crippen LogP contribution in [0.25, 0.3) is 0 Å². The second-order valence-electron chi connectivity index (χ2n) is 5.33. The Morgan fingerprint density at radius 1 is 1.47 bits per heavy atom. The van der Waals surface area contributed by atoms with Gasteiger partial charge in [0.2, 0.25) is 0 Å². The molecule has 4 heteroatoms. The predicted molar refractivity (Wildman–Crippen MR) is 67.7 cm³/mol. The summed E-state index contributed by atoms with van der Waals surface area (Å²) >= 11 is 0. The van der Waals surface area contributed by atoms with Crippen molar-refractivity contribution in [3.63, 3.8) is 0 Å². The van der Waals surface area contributed by atoms with Gasteiger partial charge in [0.15, 0.2) is 0 Å². The molecule has 1 N–H and O–H groups in total. The van der Waals surface area contributed by atoms with Crippen LogP contribution in [0.3, 0.4) is 0 Å². The lowest BCUT2D eigenvalue weighted by atomic mass is 9.94. The van der Waals surface area contributed by atoms with Crippen LogP contribution in [0, 0.1) is 5.92 Å². The Bertz CT molecular complexity index is 359. The second kappa shape index (κ2) is 4.78. The molecule has 2 aliphatic rings. The van der Waals surface area contributed by atoms with Gasteiger partial charge in [-0.25, -0.2) is 4.98 Å². The number of nitrogens with one attached hydrogen (secondary N) is 1. The van der Waals surface area contributed by atoms with E-state index < -0.39 is 0 Å². The van der Waals surface area contributed by atoms with Crippen molar-refractivity contribution >= 4 is 0 Å². The molecule has 0 unspecified atom stereocenters. The van der Waals surface area contributed by atoms with Crippen molar-refractivity contribution in [2.45, 2.75) is 38.9 Å². The molecule has 2 atom stereocenters. The summed E-state index contributed by atoms with van der Waals surface area (Å²) in [5, 5.41) is 3.66. The van der Waals surface area contributed by atoms with Gasteiger partial charge < -0.3 is 9.88 Å². The standard InChI is InChI=1S/C13H22N4/c1-2-17-10-14-6-12(17)8-16-7-11-4-3-5-15-13(11)9-16/h6,10-11,13,15H,2-5,7-9H2,1H3/t11-,13+/m0/s1. The maximum absolute atomic E-state index is 4.25. The Balaban J connectivity index is 1.63. The van der Waals surface area contributed by atoms with Crippen LogP contribution in [0.1, 0.15) is 25.5 Å². The third-order valence-corrected chi connectivity index (χ3v) is 4.20. The van der Waals surface area contributed by atoms with Crippen molar-refractivity contribution in [1.29, 1.82) is 0 Å². The SMILES string of the molecule is CCn1cncc1CN1C[C@@H]2CCCN[C@@H]2C1. The van der Waals surface area contributed by atoms with Crippen molar-refractivity contribution in [3.05, 3.63) is 18.2 Å². The van der Waals surface area contributed by atoms with Crippen molar-refractivity contribution in [3.8, 4) is 0 Å². The molecule has 2 aliphatic heterocycles. The Hall–Kier alpha value is -0.870. The Labute approximate surface area is 103 Å². The molecule has 2 saturated heterocycles. The number of aryl methyl sites for hydroxylation is 1. The van der Waals surface area contributed by atoms with Crippen LogP contribution < -0.4 is 5.32 Å². The fourth-order valence-corrected chi connectivity index (χ4v) is 3.26. The third kappa shape index (κ3) is 2.24. The molecule has 0 bridgehead atoms. The number of imidazole rings is 1. The number of aromatic nitrogens is 2. The molecule has 0 amide bonds. The van der Waals surface area contributed by atoms with Gasteiger partial charge in [-0.2, -0.15) is 0 Å². The number of likely N-dealkylation sites (tertiary alicyclic amines) is 1. The third-order valence-electron chi connectivity index (χ3n) is 4.20. The van der Waals surface area contributed by atoms with E-state index in [0.717, 1.165) is 25.0 Å². The van der Waals surface area contributed by atoms with Gasteiger partial charge in [-0.15, -0.1) is 0 Å². The average Bonchev–Trinajstić information content (AvgIpc) is 2.94. The number of piperidine rings is 1. The molecular formula is C13H22N4. The van der Waals surface area contributed by atoms with Crippen molar-refractivity contribution in [2.75, 3.05) is 19.6 Å². The summed E-state index contributed by atoms with van der Waals surface area (Å²) < 4.78 is 2.25. The smallest absolute Gasteiger partial charge is 0.0948 e. The van der Waals surface area contributed by atoms with Crippen LogP contribution in [0.15, 0.2) is 12.5 Å². The zero-order chi connectivity index (χ0) is 11.7. The molecule has 4 nitrogen and oxygen atoms in total. The molecule has 0 radical (unpaired) electrons. The quantitative estimate of drug-likeness (QED) is 0.850. The summed E-state index contributed by atoms with van der Waals surface area (Å²) in [6.45, 7) is 7.93. The van der Waals surface area contributed by atoms with Gasteiger partial charge in [0.1, 0.15) is 0 Å². The van der Waals surface area contributed by atoms with Gasteiger partial charge in [-0.05, 0) is 32.2 Å². The zero-order valence-corrected chi connectivity index (χ0v) is 10.6. The van der Waals surface area contributed by atoms with E-state index in [1.54, 1.807) is 0 Å². The number of fused-ring (bicyclic) bond motifs is 1. The van der Waals surface area contributed by atoms with Crippen molar-refractivity contribution < 1.29 is 0 Å². The highest BCUT2D eigenvalue weighted by molar-refractivity contribution is 5.01. The van der Waals surface area contributed by atoms with Crippen molar-refractivity contribution in [1.82, 2.24) is 19.8 Å². The monoisotopic (exact) mass is 234 g/mol. The lowest BCUT2D eigenvalue weighted by molar-refractivity contribution is 0.305. The van der Waals surface area contributed by atoms with Crippen LogP contribution in [-0.2, 0) is 13.1 Å². The summed E-state index contributed by atoms with van der Waals surface area (Å²) in [5.41, 5.74) is 1.35. The lowest BCUT2D eigenvalue weighted by Gasteiger charge is -2.24. The van der Waals surface area contributed by atoms with Gasteiger partial charge in [0.05, 0.1) is 12.0 Å². The summed E-state index contributed by atoms with van der Waals surface area (Å²) in [7, 11) is 0. The fraction of sp³-hybridized carbons (Fsp3) is 0.769. The summed E-state index contributed by atoms with van der Waals surface area (Å²) in [6, 6.07) is 0.738. The molecule has 1 aromatic rings. The van der Waals surface area contributed by atoms with E-state index in [9.17, 15) is 0 Å². The van der Waals surface area contributed by atoms with Gasteiger partial charge in [-0.1, -0.05) is 0 Å². The number of hydrogen-bond acceptors (Lipinski definition) is 3. The highest BCUT2D eigenvalue weighted by atomic mass is 15.2. The average molecular weight is 234 g/mol. The molecule has 0 aliphatic carbocycles. The maximum Gasteiger partial charge on any atom is 0.0948 e. The molecule has 0 spiro atoms. The molecule has 3 rings (SSSR count). The van der Waals surface area contributed by atoms with Crippen LogP contribution in [0.4, 0.5) is 0 Å². The summed E-state index contributed by atoms with van der Waals surface area (Å²) in [6.07, 6.45) is 6.71. The number of hydrogen-bond donors (Lipinski definition) is 1. The highest BCUT2D eigenvalue weighted by Crippen LogP contribution is 2.25. The van der Waals surface area contributed by atoms with E-state index in [4.69, 9.17) is 0 Å². The Morgan fingerprint density at radius 3 is 3.24 bits per heavy atom. The van der Waals surface area contributed by atoms with Crippen LogP contribution >= 0.6 is 0 Å². The Kier molecular flexibility index (Phi) is 3.16. The lowest BCUT2D eigenvalue weighted by Crippen LogP contribution is -2.40. The number of rotatable bonds is 3. The molecule has 1 aromatic heterocycles.